The number of benzene rings is 6. The Labute approximate surface area is 618 Å². The Morgan fingerprint density at radius 3 is 1.14 bits per heavy atom. The van der Waals surface area contributed by atoms with E-state index in [2.05, 4.69) is 39.9 Å². The van der Waals surface area contributed by atoms with Crippen molar-refractivity contribution in [3.05, 3.63) is 248 Å². The Bertz CT molecular complexity index is 4920. The molecule has 4 aliphatic heterocycles. The maximum Gasteiger partial charge on any atom is 0.267 e. The second kappa shape index (κ2) is 31.3. The van der Waals surface area contributed by atoms with Crippen LogP contribution in [0, 0.1) is 33.5 Å². The highest BCUT2D eigenvalue weighted by Crippen LogP contribution is 2.46. The number of ether oxygens (including phenoxy) is 4. The van der Waals surface area contributed by atoms with E-state index in [1.807, 2.05) is 42.5 Å². The van der Waals surface area contributed by atoms with Crippen LogP contribution in [0.4, 0.5) is 22.0 Å². The van der Waals surface area contributed by atoms with Crippen LogP contribution in [0.5, 0.6) is 23.0 Å². The summed E-state index contributed by atoms with van der Waals surface area (Å²) in [6.07, 6.45) is 3.80. The Kier molecular flexibility index (Phi) is 22.7. The minimum Gasteiger partial charge on any atom is -0.460 e. The number of rotatable bonds is 17. The first kappa shape index (κ1) is 76.8. The summed E-state index contributed by atoms with van der Waals surface area (Å²) in [6, 6.07) is 38.1. The molecule has 7 heterocycles. The molecule has 3 amide bonds. The van der Waals surface area contributed by atoms with E-state index in [1.165, 1.54) is 84.6 Å². The van der Waals surface area contributed by atoms with Gasteiger partial charge in [-0.25, -0.2) is 51.9 Å². The largest absolute Gasteiger partial charge is 0.460 e. The van der Waals surface area contributed by atoms with Crippen LogP contribution in [0.15, 0.2) is 196 Å². The van der Waals surface area contributed by atoms with E-state index in [0.29, 0.717) is 94.1 Å². The van der Waals surface area contributed by atoms with Gasteiger partial charge in [-0.15, -0.1) is 11.3 Å². The number of hydrogen-bond donors (Lipinski definition) is 4. The highest BCUT2D eigenvalue weighted by Gasteiger charge is 2.53. The molecule has 0 fully saturated rings. The van der Waals surface area contributed by atoms with Gasteiger partial charge in [-0.3, -0.25) is 39.1 Å². The molecule has 8 N–H and O–H groups in total. The lowest BCUT2D eigenvalue weighted by atomic mass is 9.81. The molecule has 0 radical (unpaired) electrons. The van der Waals surface area contributed by atoms with E-state index in [4.69, 9.17) is 54.1 Å². The van der Waals surface area contributed by atoms with Crippen LogP contribution in [-0.2, 0) is 36.5 Å². The summed E-state index contributed by atoms with van der Waals surface area (Å²) in [4.78, 5) is 80.4. The van der Waals surface area contributed by atoms with Crippen molar-refractivity contribution in [2.24, 2.45) is 42.9 Å². The van der Waals surface area contributed by atoms with E-state index in [-0.39, 0.29) is 41.6 Å². The highest BCUT2D eigenvalue weighted by atomic mass is 32.1. The van der Waals surface area contributed by atoms with Crippen molar-refractivity contribution < 1.29 is 55.3 Å². The van der Waals surface area contributed by atoms with Gasteiger partial charge in [-0.1, -0.05) is 72.9 Å². The highest BCUT2D eigenvalue weighted by molar-refractivity contribution is 7.80. The Balaban J connectivity index is 0.000000152. The number of likely N-dealkylation sites (N-methyl/N-ethyl adjacent to an activating group) is 4. The summed E-state index contributed by atoms with van der Waals surface area (Å²) in [6.45, 7) is 12.4. The number of amides is 3. The fraction of sp³-hybridized carbons (Fsp3) is 0.263. The van der Waals surface area contributed by atoms with Crippen LogP contribution in [0.2, 0.25) is 0 Å². The van der Waals surface area contributed by atoms with Crippen LogP contribution in [0.25, 0.3) is 11.1 Å². The Morgan fingerprint density at radius 2 is 0.783 bits per heavy atom. The van der Waals surface area contributed by atoms with Crippen molar-refractivity contribution in [1.82, 2.24) is 39.5 Å². The fourth-order valence-electron chi connectivity index (χ4n) is 12.5. The van der Waals surface area contributed by atoms with Gasteiger partial charge in [-0.05, 0) is 167 Å². The molecule has 0 bridgehead atoms. The zero-order chi connectivity index (χ0) is 76.9. The van der Waals surface area contributed by atoms with Crippen LogP contribution in [-0.4, -0.2) is 140 Å². The molecule has 8 unspecified atom stereocenters. The molecule has 0 aliphatic carbocycles. The number of alkyl halides is 4. The maximum absolute atomic E-state index is 13.9. The van der Waals surface area contributed by atoms with Gasteiger partial charge in [0.05, 0.1) is 10.4 Å². The van der Waals surface area contributed by atoms with Gasteiger partial charge in [-0.2, -0.15) is 0 Å². The van der Waals surface area contributed by atoms with Crippen molar-refractivity contribution in [1.29, 1.82) is 0 Å². The Morgan fingerprint density at radius 1 is 0.415 bits per heavy atom. The molecule has 8 atom stereocenters. The standard InChI is InChI=1S/C24H23FN4O2.C19H19F2N3OS.C17H18FN5O2.C16H17FN4O2S/c1-15-12-20(9-10-21(15)31-16(2)25)24(22(30)29(3)23(26)28-24)19-8-4-6-17(13-19)18-7-5-11-27-14-18;1-11-9-14(7-8-16(11)25-12(2)20)19(13-5-4-6-15(21)10-13)17(26)24(3)18(22)23-19;1-10-6-12(4-5-14(10)25-11(2)18)17(13-7-20-9-21-8-13)15(24)23(3)16(19)22-17;1-9-6-11(4-5-12(9)23-10(2)17)16(13-7-19-8-24-13)14(22)21(3)15(18)20-16/h4-14,16H,1-3H3,(H2,26,28);4-10,12H,1-3H3,(H2,22,23);4-9,11H,1-3H3,(H2,19,22);4-8,10H,1-3H3,(H2,18,20). The van der Waals surface area contributed by atoms with Gasteiger partial charge in [0.2, 0.25) is 31.0 Å². The molecule has 3 aromatic heterocycles. The summed E-state index contributed by atoms with van der Waals surface area (Å²) in [5.41, 5.74) is 29.3. The summed E-state index contributed by atoms with van der Waals surface area (Å²) in [7, 11) is 6.46. The SMILES string of the molecule is Cc1cc(C2(c3cccc(-c4cccnc4)c3)N=C(N)N(C)C2=O)ccc1OC(C)F.Cc1cc(C2(c3cccc(F)c3)N=C(N)N(C)C2=S)ccc1OC(C)F.Cc1cc(C2(c3cncnc3)N=C(N)N(C)C2=O)ccc1OC(C)F.Cc1cc(C2(c3cncs3)N=C(N)N(C)C2=O)ccc1OC(C)F. The number of aliphatic imine (C=N–C) groups is 4. The van der Waals surface area contributed by atoms with E-state index >= 15 is 0 Å². The lowest BCUT2D eigenvalue weighted by Crippen LogP contribution is -2.41. The second-order valence-electron chi connectivity index (χ2n) is 25.1. The van der Waals surface area contributed by atoms with E-state index in [9.17, 15) is 36.3 Å². The molecule has 23 nitrogen and oxygen atoms in total. The van der Waals surface area contributed by atoms with Gasteiger partial charge >= 0.3 is 0 Å². The zero-order valence-corrected chi connectivity index (χ0v) is 61.4. The van der Waals surface area contributed by atoms with Crippen molar-refractivity contribution in [2.75, 3.05) is 28.2 Å². The molecular weight excluding hydrogens is 1410 g/mol. The van der Waals surface area contributed by atoms with Gasteiger partial charge < -0.3 is 46.8 Å². The van der Waals surface area contributed by atoms with Crippen LogP contribution in [0.3, 0.4) is 0 Å². The molecular formula is C76H77F5N16O7S2. The molecule has 550 valence electrons. The average Bonchev–Trinajstić information content (AvgIpc) is 1.59. The van der Waals surface area contributed by atoms with E-state index in [0.717, 1.165) is 11.1 Å². The first-order chi connectivity index (χ1) is 50.3. The summed E-state index contributed by atoms with van der Waals surface area (Å²) in [5.74, 6) is 1.05. The lowest BCUT2D eigenvalue weighted by Gasteiger charge is -2.29. The van der Waals surface area contributed by atoms with Crippen molar-refractivity contribution in [3.8, 4) is 34.1 Å². The number of carbonyl (C=O) groups is 3. The number of thiazole rings is 1. The number of pyridine rings is 1. The fourth-order valence-corrected chi connectivity index (χ4v) is 13.6. The minimum atomic E-state index is -1.44. The predicted molar refractivity (Wildman–Crippen MR) is 398 cm³/mol. The second-order valence-corrected chi connectivity index (χ2v) is 26.3. The number of nitrogens with two attached hydrogens (primary N) is 4. The topological polar surface area (TPSA) is 306 Å². The number of nitrogens with zero attached hydrogens (tertiary/aromatic N) is 12. The van der Waals surface area contributed by atoms with Crippen molar-refractivity contribution in [3.63, 3.8) is 0 Å². The van der Waals surface area contributed by atoms with Crippen molar-refractivity contribution >= 4 is 70.1 Å². The summed E-state index contributed by atoms with van der Waals surface area (Å²) >= 11 is 6.95. The van der Waals surface area contributed by atoms with E-state index in [1.54, 1.807) is 164 Å². The van der Waals surface area contributed by atoms with Gasteiger partial charge in [0, 0.05) is 92.4 Å². The number of guanidine groups is 4. The van der Waals surface area contributed by atoms with E-state index < -0.39 is 53.4 Å². The summed E-state index contributed by atoms with van der Waals surface area (Å²) < 4.78 is 87.3. The summed E-state index contributed by atoms with van der Waals surface area (Å²) in [5, 5.41) is 0. The average molecular weight is 1490 g/mol. The predicted octanol–water partition coefficient (Wildman–Crippen LogP) is 11.1. The third kappa shape index (κ3) is 14.9. The molecule has 106 heavy (non-hydrogen) atoms. The molecule has 0 saturated carbocycles. The first-order valence-corrected chi connectivity index (χ1v) is 34.2. The number of halogens is 5. The van der Waals surface area contributed by atoms with Crippen molar-refractivity contribution in [2.45, 2.75) is 103 Å². The van der Waals surface area contributed by atoms with Gasteiger partial charge in [0.25, 0.3) is 17.7 Å². The normalized spacial score (nSPS) is 20.7. The molecule has 0 saturated heterocycles. The number of carbonyl (C=O) groups excluding carboxylic acids is 3. The minimum absolute atomic E-state index is 0.101. The van der Waals surface area contributed by atoms with Crippen LogP contribution < -0.4 is 41.9 Å². The number of aryl methyl sites for hydroxylation is 4. The van der Waals surface area contributed by atoms with Gasteiger partial charge in [0.1, 0.15) is 40.1 Å². The molecule has 0 spiro atoms. The van der Waals surface area contributed by atoms with Crippen LogP contribution in [0.1, 0.15) is 93.8 Å². The number of thiocarbonyl (C=S) groups is 1. The number of aromatic nitrogens is 4. The molecule has 9 aromatic rings. The molecule has 13 rings (SSSR count). The molecule has 30 heteroatoms. The third-order valence-corrected chi connectivity index (χ3v) is 19.2. The van der Waals surface area contributed by atoms with Crippen LogP contribution >= 0.6 is 23.6 Å². The smallest absolute Gasteiger partial charge is 0.267 e. The Hall–Kier alpha value is -11.8. The lowest BCUT2D eigenvalue weighted by molar-refractivity contribution is -0.130. The maximum atomic E-state index is 13.9. The quantitative estimate of drug-likeness (QED) is 0.0486. The monoisotopic (exact) mass is 1480 g/mol. The first-order valence-electron chi connectivity index (χ1n) is 32.9. The zero-order valence-electron chi connectivity index (χ0n) is 59.8. The number of hydrogen-bond acceptors (Lipinski definition) is 21. The molecule has 4 aliphatic rings. The third-order valence-electron chi connectivity index (χ3n) is 17.8. The molecule has 6 aromatic carbocycles. The van der Waals surface area contributed by atoms with Gasteiger partial charge in [0.15, 0.2) is 40.5 Å².